The predicted octanol–water partition coefficient (Wildman–Crippen LogP) is 1.30. The summed E-state index contributed by atoms with van der Waals surface area (Å²) in [6.07, 6.45) is -0.856. The fourth-order valence-electron chi connectivity index (χ4n) is 1.85. The summed E-state index contributed by atoms with van der Waals surface area (Å²) in [7, 11) is 0. The summed E-state index contributed by atoms with van der Waals surface area (Å²) in [5.74, 6) is 0.291. The maximum atomic E-state index is 11.6. The molecule has 1 aromatic rings. The fraction of sp³-hybridized carbons (Fsp3) is 0.467. The highest BCUT2D eigenvalue weighted by molar-refractivity contribution is 5.98. The van der Waals surface area contributed by atoms with E-state index in [1.807, 2.05) is 37.3 Å². The highest BCUT2D eigenvalue weighted by Gasteiger charge is 2.21. The number of nitrogens with zero attached hydrogens (tertiary/aromatic N) is 1. The van der Waals surface area contributed by atoms with E-state index in [2.05, 4.69) is 10.5 Å². The molecule has 1 aliphatic rings. The predicted molar refractivity (Wildman–Crippen MR) is 77.9 cm³/mol. The minimum absolute atomic E-state index is 0.148. The third kappa shape index (κ3) is 4.54. The summed E-state index contributed by atoms with van der Waals surface area (Å²) in [4.78, 5) is 21.4. The molecule has 0 unspecified atom stereocenters. The van der Waals surface area contributed by atoms with Crippen molar-refractivity contribution in [3.63, 3.8) is 0 Å². The Labute approximate surface area is 124 Å². The lowest BCUT2D eigenvalue weighted by Crippen LogP contribution is -2.40. The number of carbonyl (C=O) groups is 1. The van der Waals surface area contributed by atoms with Crippen molar-refractivity contribution in [3.8, 4) is 0 Å². The fourth-order valence-corrected chi connectivity index (χ4v) is 1.85. The Morgan fingerprint density at radius 2 is 2.24 bits per heavy atom. The molecule has 2 atom stereocenters. The average molecular weight is 292 g/mol. The number of amidine groups is 1. The SMILES string of the molecule is CCO[C@@H](C)C(=O)OC[C@@H]1CN=C(c2ccccc2)NO1. The molecule has 6 heteroatoms. The summed E-state index contributed by atoms with van der Waals surface area (Å²) >= 11 is 0. The van der Waals surface area contributed by atoms with Crippen molar-refractivity contribution in [1.82, 2.24) is 5.48 Å². The zero-order valence-corrected chi connectivity index (χ0v) is 12.2. The van der Waals surface area contributed by atoms with Gasteiger partial charge < -0.3 is 9.47 Å². The van der Waals surface area contributed by atoms with Crippen LogP contribution in [0.3, 0.4) is 0 Å². The van der Waals surface area contributed by atoms with Crippen molar-refractivity contribution in [2.75, 3.05) is 19.8 Å². The van der Waals surface area contributed by atoms with Gasteiger partial charge in [0.25, 0.3) is 0 Å². The molecule has 0 saturated heterocycles. The van der Waals surface area contributed by atoms with Crippen molar-refractivity contribution in [2.45, 2.75) is 26.1 Å². The molecule has 0 aromatic heterocycles. The topological polar surface area (TPSA) is 69.2 Å². The summed E-state index contributed by atoms with van der Waals surface area (Å²) in [5.41, 5.74) is 3.75. The number of nitrogens with one attached hydrogen (secondary N) is 1. The molecule has 114 valence electrons. The van der Waals surface area contributed by atoms with Crippen LogP contribution in [0.5, 0.6) is 0 Å². The van der Waals surface area contributed by atoms with Crippen LogP contribution in [0, 0.1) is 0 Å². The second-order valence-electron chi connectivity index (χ2n) is 4.62. The van der Waals surface area contributed by atoms with Crippen molar-refractivity contribution in [3.05, 3.63) is 35.9 Å². The number of benzene rings is 1. The minimum atomic E-state index is -0.560. The smallest absolute Gasteiger partial charge is 0.335 e. The molecule has 21 heavy (non-hydrogen) atoms. The normalized spacial score (nSPS) is 19.3. The molecule has 0 amide bonds. The Hall–Kier alpha value is -1.92. The van der Waals surface area contributed by atoms with Crippen molar-refractivity contribution in [2.24, 2.45) is 4.99 Å². The molecular formula is C15H20N2O4. The van der Waals surface area contributed by atoms with Crippen LogP contribution in [0.4, 0.5) is 0 Å². The van der Waals surface area contributed by atoms with Gasteiger partial charge in [-0.1, -0.05) is 30.3 Å². The first-order valence-electron chi connectivity index (χ1n) is 7.00. The second kappa shape index (κ2) is 7.75. The van der Waals surface area contributed by atoms with Crippen molar-refractivity contribution in [1.29, 1.82) is 0 Å². The molecule has 1 aromatic carbocycles. The van der Waals surface area contributed by atoms with Crippen molar-refractivity contribution >= 4 is 11.8 Å². The number of hydrogen-bond donors (Lipinski definition) is 1. The third-order valence-corrected chi connectivity index (χ3v) is 2.98. The number of hydrogen-bond acceptors (Lipinski definition) is 6. The van der Waals surface area contributed by atoms with E-state index >= 15 is 0 Å². The van der Waals surface area contributed by atoms with Gasteiger partial charge in [0.15, 0.2) is 11.9 Å². The Morgan fingerprint density at radius 3 is 2.86 bits per heavy atom. The first-order chi connectivity index (χ1) is 10.2. The molecule has 1 aliphatic heterocycles. The van der Waals surface area contributed by atoms with Crippen LogP contribution in [0.15, 0.2) is 35.3 Å². The van der Waals surface area contributed by atoms with Gasteiger partial charge in [0.2, 0.25) is 0 Å². The number of rotatable bonds is 6. The van der Waals surface area contributed by atoms with Crippen LogP contribution in [0.1, 0.15) is 19.4 Å². The third-order valence-electron chi connectivity index (χ3n) is 2.98. The molecule has 0 fully saturated rings. The van der Waals surface area contributed by atoms with E-state index in [1.165, 1.54) is 0 Å². The summed E-state index contributed by atoms with van der Waals surface area (Å²) in [6, 6.07) is 9.69. The van der Waals surface area contributed by atoms with Gasteiger partial charge in [-0.05, 0) is 13.8 Å². The summed E-state index contributed by atoms with van der Waals surface area (Å²) in [5, 5.41) is 0. The first kappa shape index (κ1) is 15.5. The minimum Gasteiger partial charge on any atom is -0.461 e. The lowest BCUT2D eigenvalue weighted by Gasteiger charge is -2.23. The van der Waals surface area contributed by atoms with Gasteiger partial charge in [-0.15, -0.1) is 0 Å². The lowest BCUT2D eigenvalue weighted by molar-refractivity contribution is -0.160. The quantitative estimate of drug-likeness (QED) is 0.801. The Morgan fingerprint density at radius 1 is 1.48 bits per heavy atom. The Balaban J connectivity index is 1.79. The molecule has 1 N–H and O–H groups in total. The van der Waals surface area contributed by atoms with E-state index in [1.54, 1.807) is 6.92 Å². The van der Waals surface area contributed by atoms with Crippen LogP contribution >= 0.6 is 0 Å². The van der Waals surface area contributed by atoms with Crippen LogP contribution in [0.25, 0.3) is 0 Å². The van der Waals surface area contributed by atoms with E-state index in [4.69, 9.17) is 14.3 Å². The molecule has 6 nitrogen and oxygen atoms in total. The Kier molecular flexibility index (Phi) is 5.71. The lowest BCUT2D eigenvalue weighted by atomic mass is 10.2. The van der Waals surface area contributed by atoms with Gasteiger partial charge in [0.1, 0.15) is 12.7 Å². The number of hydroxylamine groups is 1. The molecule has 2 rings (SSSR count). The van der Waals surface area contributed by atoms with Crippen LogP contribution in [-0.4, -0.2) is 43.8 Å². The molecule has 0 aliphatic carbocycles. The van der Waals surface area contributed by atoms with Gasteiger partial charge >= 0.3 is 5.97 Å². The summed E-state index contributed by atoms with van der Waals surface area (Å²) in [6.45, 7) is 4.56. The monoisotopic (exact) mass is 292 g/mol. The maximum absolute atomic E-state index is 11.6. The van der Waals surface area contributed by atoms with Crippen LogP contribution in [-0.2, 0) is 19.1 Å². The molecule has 1 heterocycles. The largest absolute Gasteiger partial charge is 0.461 e. The van der Waals surface area contributed by atoms with Crippen molar-refractivity contribution < 1.29 is 19.1 Å². The van der Waals surface area contributed by atoms with E-state index in [9.17, 15) is 4.79 Å². The van der Waals surface area contributed by atoms with Crippen LogP contribution in [0.2, 0.25) is 0 Å². The Bertz CT molecular complexity index is 490. The van der Waals surface area contributed by atoms with Gasteiger partial charge in [0.05, 0.1) is 6.54 Å². The second-order valence-corrected chi connectivity index (χ2v) is 4.62. The van der Waals surface area contributed by atoms with E-state index < -0.39 is 12.1 Å². The number of aliphatic imine (C=N–C) groups is 1. The van der Waals surface area contributed by atoms with E-state index in [0.29, 0.717) is 19.0 Å². The van der Waals surface area contributed by atoms with E-state index in [0.717, 1.165) is 5.56 Å². The van der Waals surface area contributed by atoms with E-state index in [-0.39, 0.29) is 12.7 Å². The molecule has 0 radical (unpaired) electrons. The highest BCUT2D eigenvalue weighted by atomic mass is 16.7. The van der Waals surface area contributed by atoms with Crippen LogP contribution < -0.4 is 5.48 Å². The standard InChI is InChI=1S/C15H20N2O4/c1-3-19-11(2)15(18)20-10-13-9-16-14(17-21-13)12-7-5-4-6-8-12/h4-8,11,13H,3,9-10H2,1-2H3,(H,16,17)/t11-,13-/m0/s1. The zero-order chi connectivity index (χ0) is 15.1. The zero-order valence-electron chi connectivity index (χ0n) is 12.2. The molecule has 0 bridgehead atoms. The molecule has 0 spiro atoms. The molecular weight excluding hydrogens is 272 g/mol. The number of esters is 1. The summed E-state index contributed by atoms with van der Waals surface area (Å²) < 4.78 is 10.3. The highest BCUT2D eigenvalue weighted by Crippen LogP contribution is 2.06. The van der Waals surface area contributed by atoms with Gasteiger partial charge in [0, 0.05) is 12.2 Å². The van der Waals surface area contributed by atoms with Gasteiger partial charge in [-0.25, -0.2) is 10.3 Å². The molecule has 0 saturated carbocycles. The number of ether oxygens (including phenoxy) is 2. The number of carbonyl (C=O) groups excluding carboxylic acids is 1. The first-order valence-corrected chi connectivity index (χ1v) is 7.00. The maximum Gasteiger partial charge on any atom is 0.335 e. The van der Waals surface area contributed by atoms with Gasteiger partial charge in [-0.3, -0.25) is 9.83 Å². The average Bonchev–Trinajstić information content (AvgIpc) is 2.54. The van der Waals surface area contributed by atoms with Gasteiger partial charge in [-0.2, -0.15) is 0 Å².